The summed E-state index contributed by atoms with van der Waals surface area (Å²) in [5.41, 5.74) is -1.57. The number of terminal acetylenes is 1. The first-order valence-corrected chi connectivity index (χ1v) is 11.3. The number of carbonyl (C=O) groups is 1. The van der Waals surface area contributed by atoms with Gasteiger partial charge in [0.05, 0.1) is 17.6 Å². The third kappa shape index (κ3) is 7.65. The van der Waals surface area contributed by atoms with E-state index in [4.69, 9.17) is 30.7 Å². The van der Waals surface area contributed by atoms with Gasteiger partial charge in [-0.15, -0.1) is 12.3 Å². The third-order valence-corrected chi connectivity index (χ3v) is 7.75. The average molecular weight is 429 g/mol. The summed E-state index contributed by atoms with van der Waals surface area (Å²) in [7, 11) is -11.0. The standard InChI is InChI=1S/C15H29NO9P2/c1-6-8-14(4,5)25-11-13(2,3)12(17)16-10-7-9-15(18,26(19,20)21)27(22,23)24/h1,18H,7-11H2,2-5H3,(H,16,17)(H2,19,20,21)(H2,22,23,24). The molecular weight excluding hydrogens is 400 g/mol. The molecule has 0 saturated carbocycles. The maximum absolute atomic E-state index is 12.3. The summed E-state index contributed by atoms with van der Waals surface area (Å²) >= 11 is 0. The van der Waals surface area contributed by atoms with Gasteiger partial charge in [0.1, 0.15) is 0 Å². The van der Waals surface area contributed by atoms with Crippen LogP contribution in [0.5, 0.6) is 0 Å². The molecule has 0 aromatic rings. The van der Waals surface area contributed by atoms with Crippen LogP contribution in [0, 0.1) is 17.8 Å². The molecule has 0 unspecified atom stereocenters. The summed E-state index contributed by atoms with van der Waals surface area (Å²) in [6.07, 6.45) is 4.44. The second-order valence-electron chi connectivity index (χ2n) is 7.54. The second kappa shape index (κ2) is 9.17. The van der Waals surface area contributed by atoms with Crippen molar-refractivity contribution in [2.75, 3.05) is 13.2 Å². The highest BCUT2D eigenvalue weighted by molar-refractivity contribution is 7.72. The fourth-order valence-corrected chi connectivity index (χ4v) is 4.22. The number of hydrogen-bond acceptors (Lipinski definition) is 5. The molecule has 0 bridgehead atoms. The van der Waals surface area contributed by atoms with E-state index in [1.807, 2.05) is 0 Å². The monoisotopic (exact) mass is 429 g/mol. The zero-order valence-corrected chi connectivity index (χ0v) is 17.7. The van der Waals surface area contributed by atoms with E-state index in [-0.39, 0.29) is 19.6 Å². The molecule has 0 atom stereocenters. The van der Waals surface area contributed by atoms with Crippen molar-refractivity contribution in [1.82, 2.24) is 5.32 Å². The quantitative estimate of drug-likeness (QED) is 0.157. The number of hydrogen-bond donors (Lipinski definition) is 6. The number of rotatable bonds is 11. The van der Waals surface area contributed by atoms with Gasteiger partial charge in [-0.2, -0.15) is 0 Å². The molecule has 1 amide bonds. The van der Waals surface area contributed by atoms with Crippen molar-refractivity contribution >= 4 is 21.1 Å². The normalized spacial score (nSPS) is 13.9. The molecule has 0 spiro atoms. The summed E-state index contributed by atoms with van der Waals surface area (Å²) in [5.74, 6) is 2.04. The van der Waals surface area contributed by atoms with Crippen LogP contribution in [0.25, 0.3) is 0 Å². The van der Waals surface area contributed by atoms with E-state index in [9.17, 15) is 19.0 Å². The van der Waals surface area contributed by atoms with Crippen LogP contribution < -0.4 is 5.32 Å². The van der Waals surface area contributed by atoms with E-state index in [0.29, 0.717) is 6.42 Å². The lowest BCUT2D eigenvalue weighted by molar-refractivity contribution is -0.136. The number of nitrogens with one attached hydrogen (secondary N) is 1. The SMILES string of the molecule is C#CCC(C)(C)OCC(C)(C)C(=O)NCCCC(O)(P(=O)(O)O)P(=O)(O)O. The molecule has 6 N–H and O–H groups in total. The van der Waals surface area contributed by atoms with Crippen molar-refractivity contribution in [3.05, 3.63) is 0 Å². The van der Waals surface area contributed by atoms with E-state index in [2.05, 4.69) is 11.2 Å². The van der Waals surface area contributed by atoms with Gasteiger partial charge in [0.25, 0.3) is 5.08 Å². The number of amides is 1. The van der Waals surface area contributed by atoms with Crippen LogP contribution in [-0.2, 0) is 18.7 Å². The number of carbonyl (C=O) groups excluding carboxylic acids is 1. The molecule has 0 rings (SSSR count). The predicted molar refractivity (Wildman–Crippen MR) is 98.5 cm³/mol. The summed E-state index contributed by atoms with van der Waals surface area (Å²) in [4.78, 5) is 48.5. The van der Waals surface area contributed by atoms with E-state index in [0.717, 1.165) is 0 Å². The van der Waals surface area contributed by atoms with E-state index in [1.165, 1.54) is 0 Å². The van der Waals surface area contributed by atoms with Gasteiger partial charge in [0.2, 0.25) is 5.91 Å². The van der Waals surface area contributed by atoms with Crippen LogP contribution >= 0.6 is 15.2 Å². The lowest BCUT2D eigenvalue weighted by Gasteiger charge is -2.31. The summed E-state index contributed by atoms with van der Waals surface area (Å²) in [6.45, 7) is 6.71. The van der Waals surface area contributed by atoms with Gasteiger partial charge in [-0.3, -0.25) is 13.9 Å². The van der Waals surface area contributed by atoms with E-state index < -0.39 is 43.6 Å². The van der Waals surface area contributed by atoms with Crippen LogP contribution in [-0.4, -0.2) is 54.4 Å². The Hall–Kier alpha value is -0.750. The zero-order chi connectivity index (χ0) is 21.7. The minimum Gasteiger partial charge on any atom is -0.373 e. The molecule has 0 heterocycles. The molecule has 0 fully saturated rings. The first-order valence-electron chi connectivity index (χ1n) is 8.09. The smallest absolute Gasteiger partial charge is 0.369 e. The highest BCUT2D eigenvalue weighted by Gasteiger charge is 2.58. The Morgan fingerprint density at radius 2 is 1.59 bits per heavy atom. The summed E-state index contributed by atoms with van der Waals surface area (Å²) in [6, 6.07) is 0. The van der Waals surface area contributed by atoms with Crippen molar-refractivity contribution in [3.63, 3.8) is 0 Å². The van der Waals surface area contributed by atoms with Crippen molar-refractivity contribution in [2.45, 2.75) is 57.6 Å². The van der Waals surface area contributed by atoms with Crippen LogP contribution in [0.1, 0.15) is 47.0 Å². The molecule has 12 heteroatoms. The molecule has 158 valence electrons. The van der Waals surface area contributed by atoms with Gasteiger partial charge in [-0.1, -0.05) is 0 Å². The van der Waals surface area contributed by atoms with Crippen molar-refractivity contribution < 1.29 is 43.3 Å². The Bertz CT molecular complexity index is 635. The maximum atomic E-state index is 12.3. The molecular formula is C15H29NO9P2. The van der Waals surface area contributed by atoms with Gasteiger partial charge in [0.15, 0.2) is 0 Å². The second-order valence-corrected chi connectivity index (χ2v) is 11.5. The molecule has 27 heavy (non-hydrogen) atoms. The van der Waals surface area contributed by atoms with Crippen LogP contribution in [0.15, 0.2) is 0 Å². The van der Waals surface area contributed by atoms with Crippen molar-refractivity contribution in [2.24, 2.45) is 5.41 Å². The molecule has 0 aliphatic carbocycles. The molecule has 0 aromatic heterocycles. The molecule has 10 nitrogen and oxygen atoms in total. The zero-order valence-electron chi connectivity index (χ0n) is 15.9. The van der Waals surface area contributed by atoms with E-state index in [1.54, 1.807) is 27.7 Å². The largest absolute Gasteiger partial charge is 0.373 e. The lowest BCUT2D eigenvalue weighted by Crippen LogP contribution is -2.42. The fourth-order valence-electron chi connectivity index (χ4n) is 1.97. The minimum absolute atomic E-state index is 0.0580. The molecule has 0 saturated heterocycles. The molecule has 0 aliphatic rings. The highest BCUT2D eigenvalue weighted by Crippen LogP contribution is 2.69. The number of aliphatic hydroxyl groups is 1. The maximum Gasteiger partial charge on any atom is 0.369 e. The van der Waals surface area contributed by atoms with Gasteiger partial charge >= 0.3 is 15.2 Å². The topological polar surface area (TPSA) is 174 Å². The average Bonchev–Trinajstić information content (AvgIpc) is 2.47. The van der Waals surface area contributed by atoms with Crippen molar-refractivity contribution in [1.29, 1.82) is 0 Å². The Morgan fingerprint density at radius 3 is 2.00 bits per heavy atom. The fraction of sp³-hybridized carbons (Fsp3) is 0.800. The lowest BCUT2D eigenvalue weighted by atomic mass is 9.93. The Morgan fingerprint density at radius 1 is 1.11 bits per heavy atom. The molecule has 0 aliphatic heterocycles. The van der Waals surface area contributed by atoms with Gasteiger partial charge in [-0.25, -0.2) is 0 Å². The molecule has 0 radical (unpaired) electrons. The summed E-state index contributed by atoms with van der Waals surface area (Å²) < 4.78 is 28.2. The third-order valence-electron chi connectivity index (χ3n) is 3.87. The van der Waals surface area contributed by atoms with Gasteiger partial charge in [-0.05, 0) is 34.1 Å². The van der Waals surface area contributed by atoms with Crippen LogP contribution in [0.2, 0.25) is 0 Å². The Kier molecular flexibility index (Phi) is 8.91. The van der Waals surface area contributed by atoms with Crippen LogP contribution in [0.3, 0.4) is 0 Å². The van der Waals surface area contributed by atoms with Gasteiger partial charge < -0.3 is 34.7 Å². The first kappa shape index (κ1) is 26.2. The predicted octanol–water partition coefficient (Wildman–Crippen LogP) is 0.729. The van der Waals surface area contributed by atoms with E-state index >= 15 is 0 Å². The Labute approximate surface area is 159 Å². The van der Waals surface area contributed by atoms with Crippen LogP contribution in [0.4, 0.5) is 0 Å². The number of ether oxygens (including phenoxy) is 1. The van der Waals surface area contributed by atoms with Gasteiger partial charge in [0, 0.05) is 19.4 Å². The molecule has 0 aromatic carbocycles. The van der Waals surface area contributed by atoms with Crippen molar-refractivity contribution in [3.8, 4) is 12.3 Å². The minimum atomic E-state index is -5.50. The highest BCUT2D eigenvalue weighted by atomic mass is 31.2. The first-order chi connectivity index (χ1) is 11.9. The summed E-state index contributed by atoms with van der Waals surface area (Å²) in [5, 5.41) is 8.77. The Balaban J connectivity index is 4.73.